The third kappa shape index (κ3) is 3.00. The van der Waals surface area contributed by atoms with E-state index in [4.69, 9.17) is 0 Å². The number of para-hydroxylation sites is 1. The lowest BCUT2D eigenvalue weighted by molar-refractivity contribution is 0.395. The van der Waals surface area contributed by atoms with Gasteiger partial charge in [-0.05, 0) is 61.6 Å². The van der Waals surface area contributed by atoms with E-state index in [2.05, 4.69) is 49.8 Å². The van der Waals surface area contributed by atoms with Crippen LogP contribution < -0.4 is 4.90 Å². The number of hydrogen-bond acceptors (Lipinski definition) is 2. The Morgan fingerprint density at radius 3 is 2.70 bits per heavy atom. The molecule has 0 aliphatic carbocycles. The van der Waals surface area contributed by atoms with Crippen molar-refractivity contribution in [1.82, 2.24) is 0 Å². The number of halogens is 1. The summed E-state index contributed by atoms with van der Waals surface area (Å²) in [6.45, 7) is 6.82. The maximum absolute atomic E-state index is 13.6. The van der Waals surface area contributed by atoms with Crippen molar-refractivity contribution in [2.75, 3.05) is 11.9 Å². The zero-order valence-corrected chi connectivity index (χ0v) is 14.2. The van der Waals surface area contributed by atoms with Crippen LogP contribution in [0.15, 0.2) is 47.5 Å². The normalized spacial score (nSPS) is 19.9. The van der Waals surface area contributed by atoms with E-state index in [0.717, 1.165) is 12.0 Å². The summed E-state index contributed by atoms with van der Waals surface area (Å²) in [6, 6.07) is 13.0. The molecule has 2 nitrogen and oxygen atoms in total. The molecule has 1 atom stereocenters. The fourth-order valence-electron chi connectivity index (χ4n) is 3.38. The first-order chi connectivity index (χ1) is 10.9. The maximum Gasteiger partial charge on any atom is 0.148 e. The number of rotatable bonds is 2. The maximum atomic E-state index is 13.6. The fraction of sp³-hybridized carbons (Fsp3) is 0.350. The molecule has 2 aromatic rings. The molecular weight excluding hydrogens is 287 g/mol. The second-order valence-corrected chi connectivity index (χ2v) is 7.00. The van der Waals surface area contributed by atoms with Crippen LogP contribution in [0.25, 0.3) is 0 Å². The SMILES string of the molecule is CC1CC(C)(C)N(C)c2ccc(C=Nc3ccccc3F)cc21. The summed E-state index contributed by atoms with van der Waals surface area (Å²) in [5.41, 5.74) is 4.15. The second-order valence-electron chi connectivity index (χ2n) is 7.00. The van der Waals surface area contributed by atoms with Crippen molar-refractivity contribution in [3.63, 3.8) is 0 Å². The van der Waals surface area contributed by atoms with Crippen molar-refractivity contribution in [2.24, 2.45) is 4.99 Å². The van der Waals surface area contributed by atoms with Gasteiger partial charge in [-0.25, -0.2) is 4.39 Å². The molecule has 1 unspecified atom stereocenters. The van der Waals surface area contributed by atoms with Crippen LogP contribution in [0.1, 0.15) is 44.2 Å². The van der Waals surface area contributed by atoms with Gasteiger partial charge in [-0.1, -0.05) is 25.1 Å². The first-order valence-corrected chi connectivity index (χ1v) is 8.05. The Balaban J connectivity index is 1.93. The average Bonchev–Trinajstić information content (AvgIpc) is 2.51. The van der Waals surface area contributed by atoms with Crippen LogP contribution in [-0.4, -0.2) is 18.8 Å². The van der Waals surface area contributed by atoms with Crippen LogP contribution in [-0.2, 0) is 0 Å². The molecule has 0 saturated carbocycles. The molecule has 0 radical (unpaired) electrons. The van der Waals surface area contributed by atoms with Gasteiger partial charge in [0.2, 0.25) is 0 Å². The Morgan fingerprint density at radius 1 is 1.22 bits per heavy atom. The summed E-state index contributed by atoms with van der Waals surface area (Å²) in [5.74, 6) is 0.203. The zero-order chi connectivity index (χ0) is 16.6. The molecule has 23 heavy (non-hydrogen) atoms. The van der Waals surface area contributed by atoms with Gasteiger partial charge in [0, 0.05) is 24.5 Å². The molecular formula is C20H23FN2. The predicted molar refractivity (Wildman–Crippen MR) is 95.6 cm³/mol. The highest BCUT2D eigenvalue weighted by Crippen LogP contribution is 2.42. The lowest BCUT2D eigenvalue weighted by atomic mass is 9.80. The molecule has 2 aromatic carbocycles. The summed E-state index contributed by atoms with van der Waals surface area (Å²) in [5, 5.41) is 0. The van der Waals surface area contributed by atoms with Gasteiger partial charge in [-0.3, -0.25) is 4.99 Å². The lowest BCUT2D eigenvalue weighted by Gasteiger charge is -2.45. The number of anilines is 1. The first-order valence-electron chi connectivity index (χ1n) is 8.05. The van der Waals surface area contributed by atoms with Gasteiger partial charge in [0.15, 0.2) is 0 Å². The molecule has 0 fully saturated rings. The van der Waals surface area contributed by atoms with Crippen LogP contribution in [0.3, 0.4) is 0 Å². The largest absolute Gasteiger partial charge is 0.369 e. The van der Waals surface area contributed by atoms with Crippen LogP contribution in [0, 0.1) is 5.82 Å². The van der Waals surface area contributed by atoms with Gasteiger partial charge in [0.1, 0.15) is 5.82 Å². The van der Waals surface area contributed by atoms with Crippen molar-refractivity contribution in [3.8, 4) is 0 Å². The Labute approximate surface area is 137 Å². The first kappa shape index (κ1) is 15.7. The van der Waals surface area contributed by atoms with Crippen LogP contribution in [0.5, 0.6) is 0 Å². The quantitative estimate of drug-likeness (QED) is 0.687. The summed E-state index contributed by atoms with van der Waals surface area (Å²) < 4.78 is 13.6. The number of nitrogens with zero attached hydrogens (tertiary/aromatic N) is 2. The summed E-state index contributed by atoms with van der Waals surface area (Å²) >= 11 is 0. The van der Waals surface area contributed by atoms with E-state index < -0.39 is 0 Å². The monoisotopic (exact) mass is 310 g/mol. The number of hydrogen-bond donors (Lipinski definition) is 0. The number of aliphatic imine (C=N–C) groups is 1. The molecule has 120 valence electrons. The van der Waals surface area contributed by atoms with E-state index >= 15 is 0 Å². The molecule has 3 rings (SSSR count). The van der Waals surface area contributed by atoms with Crippen LogP contribution >= 0.6 is 0 Å². The van der Waals surface area contributed by atoms with Crippen molar-refractivity contribution >= 4 is 17.6 Å². The predicted octanol–water partition coefficient (Wildman–Crippen LogP) is 5.30. The van der Waals surface area contributed by atoms with Crippen molar-refractivity contribution in [1.29, 1.82) is 0 Å². The minimum atomic E-state index is -0.295. The highest BCUT2D eigenvalue weighted by molar-refractivity contribution is 5.83. The van der Waals surface area contributed by atoms with Crippen molar-refractivity contribution < 1.29 is 4.39 Å². The molecule has 1 heterocycles. The molecule has 0 spiro atoms. The molecule has 0 amide bonds. The van der Waals surface area contributed by atoms with Gasteiger partial charge in [0.25, 0.3) is 0 Å². The van der Waals surface area contributed by atoms with Crippen molar-refractivity contribution in [2.45, 2.75) is 38.6 Å². The van der Waals surface area contributed by atoms with E-state index in [1.807, 2.05) is 6.07 Å². The molecule has 1 aliphatic heterocycles. The Hall–Kier alpha value is -2.16. The van der Waals surface area contributed by atoms with E-state index in [1.54, 1.807) is 24.4 Å². The summed E-state index contributed by atoms with van der Waals surface area (Å²) in [4.78, 5) is 6.63. The molecule has 1 aliphatic rings. The smallest absolute Gasteiger partial charge is 0.148 e. The average molecular weight is 310 g/mol. The van der Waals surface area contributed by atoms with Gasteiger partial charge in [0.05, 0.1) is 5.69 Å². The number of benzene rings is 2. The zero-order valence-electron chi connectivity index (χ0n) is 14.2. The standard InChI is InChI=1S/C20H23FN2/c1-14-12-20(2,3)23(4)19-10-9-15(11-16(14)19)13-22-18-8-6-5-7-17(18)21/h5-11,13-14H,12H2,1-4H3. The second kappa shape index (κ2) is 5.80. The fourth-order valence-corrected chi connectivity index (χ4v) is 3.38. The highest BCUT2D eigenvalue weighted by atomic mass is 19.1. The third-order valence-electron chi connectivity index (χ3n) is 4.86. The van der Waals surface area contributed by atoms with Crippen molar-refractivity contribution in [3.05, 3.63) is 59.4 Å². The molecule has 0 bridgehead atoms. The van der Waals surface area contributed by atoms with Gasteiger partial charge < -0.3 is 4.90 Å². The minimum absolute atomic E-state index is 0.162. The molecule has 3 heteroatoms. The minimum Gasteiger partial charge on any atom is -0.369 e. The van der Waals surface area contributed by atoms with E-state index in [1.165, 1.54) is 17.3 Å². The van der Waals surface area contributed by atoms with Gasteiger partial charge >= 0.3 is 0 Å². The van der Waals surface area contributed by atoms with E-state index in [0.29, 0.717) is 11.6 Å². The number of fused-ring (bicyclic) bond motifs is 1. The Bertz CT molecular complexity index is 749. The Morgan fingerprint density at radius 2 is 1.96 bits per heavy atom. The van der Waals surface area contributed by atoms with Gasteiger partial charge in [-0.2, -0.15) is 0 Å². The van der Waals surface area contributed by atoms with E-state index in [9.17, 15) is 4.39 Å². The Kier molecular flexibility index (Phi) is 3.97. The third-order valence-corrected chi connectivity index (χ3v) is 4.86. The topological polar surface area (TPSA) is 15.6 Å². The summed E-state index contributed by atoms with van der Waals surface area (Å²) in [6.07, 6.45) is 2.86. The van der Waals surface area contributed by atoms with Gasteiger partial charge in [-0.15, -0.1) is 0 Å². The highest BCUT2D eigenvalue weighted by Gasteiger charge is 2.33. The molecule has 0 aromatic heterocycles. The molecule has 0 N–H and O–H groups in total. The lowest BCUT2D eigenvalue weighted by Crippen LogP contribution is -2.45. The van der Waals surface area contributed by atoms with Crippen LogP contribution in [0.2, 0.25) is 0 Å². The van der Waals surface area contributed by atoms with E-state index in [-0.39, 0.29) is 11.4 Å². The van der Waals surface area contributed by atoms with Crippen LogP contribution in [0.4, 0.5) is 15.8 Å². The molecule has 0 saturated heterocycles. The summed E-state index contributed by atoms with van der Waals surface area (Å²) in [7, 11) is 2.15.